The van der Waals surface area contributed by atoms with Crippen LogP contribution in [0.25, 0.3) is 0 Å². The predicted molar refractivity (Wildman–Crippen MR) is 42.9 cm³/mol. The largest absolute Gasteiger partial charge is 0.279 e. The smallest absolute Gasteiger partial charge is 0.229 e. The van der Waals surface area contributed by atoms with Gasteiger partial charge in [-0.2, -0.15) is 0 Å². The summed E-state index contributed by atoms with van der Waals surface area (Å²) < 4.78 is 0. The molecule has 0 rings (SSSR count). The van der Waals surface area contributed by atoms with Crippen molar-refractivity contribution < 1.29 is 9.59 Å². The van der Waals surface area contributed by atoms with E-state index in [1.165, 1.54) is 17.9 Å². The monoisotopic (exact) mass is 155 g/mol. The molecule has 62 valence electrons. The normalized spacial score (nSPS) is 8.91. The Morgan fingerprint density at radius 3 is 2.36 bits per heavy atom. The van der Waals surface area contributed by atoms with Crippen LogP contribution < -0.4 is 0 Å². The van der Waals surface area contributed by atoms with Gasteiger partial charge in [0.2, 0.25) is 11.8 Å². The van der Waals surface area contributed by atoms with Crippen LogP contribution in [0.15, 0.2) is 12.7 Å². The maximum atomic E-state index is 11.0. The van der Waals surface area contributed by atoms with Gasteiger partial charge >= 0.3 is 0 Å². The number of hydrogen-bond acceptors (Lipinski definition) is 2. The first-order valence-corrected chi connectivity index (χ1v) is 3.55. The van der Waals surface area contributed by atoms with Gasteiger partial charge in [0.05, 0.1) is 0 Å². The Labute approximate surface area is 66.7 Å². The zero-order chi connectivity index (χ0) is 8.85. The second-order valence-electron chi connectivity index (χ2n) is 2.17. The van der Waals surface area contributed by atoms with E-state index in [1.54, 1.807) is 6.92 Å². The van der Waals surface area contributed by atoms with Gasteiger partial charge in [-0.05, 0) is 0 Å². The fraction of sp³-hybridized carbons (Fsp3) is 0.500. The van der Waals surface area contributed by atoms with Crippen LogP contribution >= 0.6 is 0 Å². The number of rotatable bonds is 3. The van der Waals surface area contributed by atoms with Crippen molar-refractivity contribution in [3.63, 3.8) is 0 Å². The molecule has 0 saturated carbocycles. The van der Waals surface area contributed by atoms with Gasteiger partial charge in [0.25, 0.3) is 0 Å². The first kappa shape index (κ1) is 9.88. The quantitative estimate of drug-likeness (QED) is 0.569. The average molecular weight is 155 g/mol. The minimum atomic E-state index is -0.225. The molecule has 0 aromatic carbocycles. The Morgan fingerprint density at radius 1 is 1.55 bits per heavy atom. The van der Waals surface area contributed by atoms with E-state index in [0.29, 0.717) is 13.0 Å². The van der Waals surface area contributed by atoms with E-state index < -0.39 is 0 Å². The van der Waals surface area contributed by atoms with Crippen LogP contribution in [-0.4, -0.2) is 23.3 Å². The van der Waals surface area contributed by atoms with E-state index in [1.807, 2.05) is 0 Å². The number of nitrogens with zero attached hydrogens (tertiary/aromatic N) is 1. The molecular formula is C8H13NO2. The average Bonchev–Trinajstić information content (AvgIpc) is 1.98. The van der Waals surface area contributed by atoms with Crippen molar-refractivity contribution in [2.45, 2.75) is 20.3 Å². The van der Waals surface area contributed by atoms with Gasteiger partial charge in [-0.3, -0.25) is 14.5 Å². The summed E-state index contributed by atoms with van der Waals surface area (Å²) in [5.74, 6) is -0.380. The molecule has 0 aliphatic carbocycles. The van der Waals surface area contributed by atoms with Gasteiger partial charge in [-0.25, -0.2) is 0 Å². The third-order valence-corrected chi connectivity index (χ3v) is 1.30. The van der Waals surface area contributed by atoms with Gasteiger partial charge in [0, 0.05) is 19.9 Å². The summed E-state index contributed by atoms with van der Waals surface area (Å²) in [6.45, 7) is 6.86. The van der Waals surface area contributed by atoms with Crippen molar-refractivity contribution in [2.24, 2.45) is 0 Å². The molecule has 0 aromatic heterocycles. The molecule has 0 aliphatic heterocycles. The Hall–Kier alpha value is -1.12. The van der Waals surface area contributed by atoms with Gasteiger partial charge in [0.1, 0.15) is 0 Å². The summed E-state index contributed by atoms with van der Waals surface area (Å²) in [6, 6.07) is 0. The van der Waals surface area contributed by atoms with Crippen molar-refractivity contribution in [2.75, 3.05) is 6.54 Å². The molecule has 0 heterocycles. The second-order valence-corrected chi connectivity index (χ2v) is 2.17. The zero-order valence-corrected chi connectivity index (χ0v) is 6.96. The van der Waals surface area contributed by atoms with E-state index in [-0.39, 0.29) is 11.8 Å². The van der Waals surface area contributed by atoms with Crippen molar-refractivity contribution in [3.05, 3.63) is 12.7 Å². The number of carbonyl (C=O) groups excluding carboxylic acids is 2. The van der Waals surface area contributed by atoms with Crippen molar-refractivity contribution in [1.29, 1.82) is 0 Å². The Bertz CT molecular complexity index is 175. The minimum absolute atomic E-state index is 0.155. The summed E-state index contributed by atoms with van der Waals surface area (Å²) in [7, 11) is 0. The summed E-state index contributed by atoms with van der Waals surface area (Å²) >= 11 is 0. The van der Waals surface area contributed by atoms with Gasteiger partial charge in [-0.15, -0.1) is 6.58 Å². The number of carbonyl (C=O) groups is 2. The van der Waals surface area contributed by atoms with E-state index in [2.05, 4.69) is 6.58 Å². The van der Waals surface area contributed by atoms with E-state index in [9.17, 15) is 9.59 Å². The number of hydrogen-bond donors (Lipinski definition) is 0. The Morgan fingerprint density at radius 2 is 2.09 bits per heavy atom. The second kappa shape index (κ2) is 4.66. The molecule has 0 aromatic rings. The van der Waals surface area contributed by atoms with Crippen LogP contribution in [0.2, 0.25) is 0 Å². The van der Waals surface area contributed by atoms with Crippen LogP contribution in [0, 0.1) is 0 Å². The summed E-state index contributed by atoms with van der Waals surface area (Å²) in [5, 5.41) is 0. The van der Waals surface area contributed by atoms with E-state index in [0.717, 1.165) is 0 Å². The summed E-state index contributed by atoms with van der Waals surface area (Å²) in [5.41, 5.74) is 0. The van der Waals surface area contributed by atoms with Crippen LogP contribution in [0.3, 0.4) is 0 Å². The molecule has 0 fully saturated rings. The fourth-order valence-electron chi connectivity index (χ4n) is 0.726. The molecule has 0 atom stereocenters. The van der Waals surface area contributed by atoms with Gasteiger partial charge < -0.3 is 0 Å². The first-order chi connectivity index (χ1) is 5.13. The molecule has 0 unspecified atom stereocenters. The summed E-state index contributed by atoms with van der Waals surface area (Å²) in [4.78, 5) is 23.0. The highest BCUT2D eigenvalue weighted by molar-refractivity contribution is 5.94. The Kier molecular flexibility index (Phi) is 4.18. The number of imide groups is 1. The number of amides is 2. The predicted octanol–water partition coefficient (Wildman–Crippen LogP) is 0.958. The lowest BCUT2D eigenvalue weighted by atomic mass is 10.3. The minimum Gasteiger partial charge on any atom is -0.279 e. The third kappa shape index (κ3) is 2.98. The van der Waals surface area contributed by atoms with Crippen LogP contribution in [0.1, 0.15) is 20.3 Å². The molecule has 3 heteroatoms. The van der Waals surface area contributed by atoms with Crippen molar-refractivity contribution in [3.8, 4) is 0 Å². The molecule has 0 aliphatic rings. The molecule has 0 spiro atoms. The van der Waals surface area contributed by atoms with Crippen molar-refractivity contribution >= 4 is 11.8 Å². The summed E-state index contributed by atoms with van der Waals surface area (Å²) in [6.07, 6.45) is 1.89. The molecule has 2 amide bonds. The highest BCUT2D eigenvalue weighted by Gasteiger charge is 2.12. The van der Waals surface area contributed by atoms with Crippen LogP contribution in [0.5, 0.6) is 0 Å². The molecule has 0 radical (unpaired) electrons. The molecule has 3 nitrogen and oxygen atoms in total. The lowest BCUT2D eigenvalue weighted by molar-refractivity contribution is -0.142. The first-order valence-electron chi connectivity index (χ1n) is 3.55. The highest BCUT2D eigenvalue weighted by atomic mass is 16.2. The maximum Gasteiger partial charge on any atom is 0.229 e. The Balaban J connectivity index is 4.20. The highest BCUT2D eigenvalue weighted by Crippen LogP contribution is 1.94. The maximum absolute atomic E-state index is 11.0. The standard InChI is InChI=1S/C8H13NO2/c1-4-6-9(7(3)10)8(11)5-2/h4H,1,5-6H2,2-3H3. The molecular weight excluding hydrogens is 142 g/mol. The molecule has 0 N–H and O–H groups in total. The zero-order valence-electron chi connectivity index (χ0n) is 6.96. The lowest BCUT2D eigenvalue weighted by Gasteiger charge is -2.15. The molecule has 0 bridgehead atoms. The van der Waals surface area contributed by atoms with Crippen LogP contribution in [0.4, 0.5) is 0 Å². The van der Waals surface area contributed by atoms with Crippen molar-refractivity contribution in [1.82, 2.24) is 4.90 Å². The lowest BCUT2D eigenvalue weighted by Crippen LogP contribution is -2.34. The molecule has 11 heavy (non-hydrogen) atoms. The van der Waals surface area contributed by atoms with E-state index in [4.69, 9.17) is 0 Å². The van der Waals surface area contributed by atoms with Crippen LogP contribution in [-0.2, 0) is 9.59 Å². The molecule has 0 saturated heterocycles. The SMILES string of the molecule is C=CCN(C(C)=O)C(=O)CC. The van der Waals surface area contributed by atoms with E-state index >= 15 is 0 Å². The fourth-order valence-corrected chi connectivity index (χ4v) is 0.726. The van der Waals surface area contributed by atoms with Gasteiger partial charge in [-0.1, -0.05) is 13.0 Å². The van der Waals surface area contributed by atoms with Gasteiger partial charge in [0.15, 0.2) is 0 Å². The third-order valence-electron chi connectivity index (χ3n) is 1.30. The topological polar surface area (TPSA) is 37.4 Å².